The van der Waals surface area contributed by atoms with Crippen LogP contribution in [-0.4, -0.2) is 56.5 Å². The standard InChI is InChI=1S/C10H20N2O3S2/c1-2-17(14,15)6-4-12-10(13)7-9-8-16-5-3-11-9/h9,11H,2-8H2,1H3,(H,12,13). The number of carbonyl (C=O) groups excluding carboxylic acids is 1. The number of rotatable bonds is 6. The summed E-state index contributed by atoms with van der Waals surface area (Å²) in [5.74, 6) is 2.12. The number of nitrogens with one attached hydrogen (secondary N) is 2. The maximum Gasteiger partial charge on any atom is 0.221 e. The zero-order chi connectivity index (χ0) is 12.7. The summed E-state index contributed by atoms with van der Waals surface area (Å²) >= 11 is 1.84. The normalized spacial score (nSPS) is 21.1. The fourth-order valence-electron chi connectivity index (χ4n) is 1.54. The molecular weight excluding hydrogens is 260 g/mol. The lowest BCUT2D eigenvalue weighted by atomic mass is 10.2. The first-order valence-corrected chi connectivity index (χ1v) is 8.79. The van der Waals surface area contributed by atoms with Crippen LogP contribution in [0, 0.1) is 0 Å². The van der Waals surface area contributed by atoms with Gasteiger partial charge in [-0.25, -0.2) is 8.42 Å². The van der Waals surface area contributed by atoms with Crippen molar-refractivity contribution in [3.05, 3.63) is 0 Å². The maximum atomic E-state index is 11.5. The minimum Gasteiger partial charge on any atom is -0.355 e. The minimum absolute atomic E-state index is 0.0298. The zero-order valence-corrected chi connectivity index (χ0v) is 11.7. The molecular formula is C10H20N2O3S2. The van der Waals surface area contributed by atoms with E-state index in [9.17, 15) is 13.2 Å². The first kappa shape index (κ1) is 14.8. The summed E-state index contributed by atoms with van der Waals surface area (Å²) in [5, 5.41) is 5.92. The van der Waals surface area contributed by atoms with Crippen LogP contribution >= 0.6 is 11.8 Å². The maximum absolute atomic E-state index is 11.5. The molecule has 1 fully saturated rings. The summed E-state index contributed by atoms with van der Waals surface area (Å²) in [6, 6.07) is 0.219. The summed E-state index contributed by atoms with van der Waals surface area (Å²) in [5.41, 5.74) is 0. The van der Waals surface area contributed by atoms with Crippen LogP contribution in [0.3, 0.4) is 0 Å². The number of hydrogen-bond acceptors (Lipinski definition) is 5. The molecule has 1 aliphatic rings. The van der Waals surface area contributed by atoms with E-state index in [2.05, 4.69) is 10.6 Å². The molecule has 1 amide bonds. The first-order chi connectivity index (χ1) is 8.03. The highest BCUT2D eigenvalue weighted by Gasteiger charge is 2.16. The summed E-state index contributed by atoms with van der Waals surface area (Å²) in [6.45, 7) is 2.77. The summed E-state index contributed by atoms with van der Waals surface area (Å²) in [4.78, 5) is 11.5. The highest BCUT2D eigenvalue weighted by Crippen LogP contribution is 2.09. The van der Waals surface area contributed by atoms with Gasteiger partial charge in [0.25, 0.3) is 0 Å². The zero-order valence-electron chi connectivity index (χ0n) is 10.1. The van der Waals surface area contributed by atoms with Crippen LogP contribution in [0.4, 0.5) is 0 Å². The largest absolute Gasteiger partial charge is 0.355 e. The molecule has 0 aliphatic carbocycles. The number of hydrogen-bond donors (Lipinski definition) is 2. The predicted molar refractivity (Wildman–Crippen MR) is 71.1 cm³/mol. The lowest BCUT2D eigenvalue weighted by Crippen LogP contribution is -2.42. The molecule has 1 unspecified atom stereocenters. The molecule has 0 aromatic carbocycles. The van der Waals surface area contributed by atoms with Crippen molar-refractivity contribution >= 4 is 27.5 Å². The molecule has 1 heterocycles. The van der Waals surface area contributed by atoms with E-state index in [0.717, 1.165) is 18.1 Å². The number of sulfone groups is 1. The second-order valence-electron chi connectivity index (χ2n) is 4.02. The smallest absolute Gasteiger partial charge is 0.221 e. The Labute approximate surface area is 107 Å². The number of thioether (sulfide) groups is 1. The van der Waals surface area contributed by atoms with E-state index in [0.29, 0.717) is 6.42 Å². The fraction of sp³-hybridized carbons (Fsp3) is 0.900. The molecule has 5 nitrogen and oxygen atoms in total. The highest BCUT2D eigenvalue weighted by molar-refractivity contribution is 7.99. The van der Waals surface area contributed by atoms with E-state index >= 15 is 0 Å². The molecule has 1 saturated heterocycles. The predicted octanol–water partition coefficient (Wildman–Crippen LogP) is -0.368. The van der Waals surface area contributed by atoms with Crippen molar-refractivity contribution in [3.63, 3.8) is 0 Å². The molecule has 0 bridgehead atoms. The van der Waals surface area contributed by atoms with Gasteiger partial charge in [-0.1, -0.05) is 6.92 Å². The van der Waals surface area contributed by atoms with Gasteiger partial charge >= 0.3 is 0 Å². The van der Waals surface area contributed by atoms with Crippen LogP contribution in [0.5, 0.6) is 0 Å². The third-order valence-corrected chi connectivity index (χ3v) is 5.44. The highest BCUT2D eigenvalue weighted by atomic mass is 32.2. The van der Waals surface area contributed by atoms with Gasteiger partial charge in [-0.2, -0.15) is 11.8 Å². The van der Waals surface area contributed by atoms with Crippen LogP contribution in [0.15, 0.2) is 0 Å². The van der Waals surface area contributed by atoms with Crippen LogP contribution in [-0.2, 0) is 14.6 Å². The van der Waals surface area contributed by atoms with Gasteiger partial charge in [0.15, 0.2) is 9.84 Å². The quantitative estimate of drug-likeness (QED) is 0.694. The molecule has 1 aliphatic heterocycles. The van der Waals surface area contributed by atoms with E-state index in [1.807, 2.05) is 11.8 Å². The third-order valence-electron chi connectivity index (χ3n) is 2.61. The monoisotopic (exact) mass is 280 g/mol. The van der Waals surface area contributed by atoms with Crippen molar-refractivity contribution in [1.82, 2.24) is 10.6 Å². The molecule has 1 rings (SSSR count). The Balaban J connectivity index is 2.16. The average Bonchev–Trinajstić information content (AvgIpc) is 2.30. The lowest BCUT2D eigenvalue weighted by molar-refractivity contribution is -0.121. The van der Waals surface area contributed by atoms with Crippen LogP contribution in [0.2, 0.25) is 0 Å². The summed E-state index contributed by atoms with van der Waals surface area (Å²) in [6.07, 6.45) is 0.430. The summed E-state index contributed by atoms with van der Waals surface area (Å²) < 4.78 is 22.4. The Morgan fingerprint density at radius 1 is 1.53 bits per heavy atom. The van der Waals surface area contributed by atoms with Crippen molar-refractivity contribution < 1.29 is 13.2 Å². The van der Waals surface area contributed by atoms with Crippen molar-refractivity contribution in [2.45, 2.75) is 19.4 Å². The third kappa shape index (κ3) is 6.28. The van der Waals surface area contributed by atoms with Crippen molar-refractivity contribution in [2.75, 3.05) is 36.1 Å². The van der Waals surface area contributed by atoms with Crippen molar-refractivity contribution in [2.24, 2.45) is 0 Å². The summed E-state index contributed by atoms with van der Waals surface area (Å²) in [7, 11) is -2.98. The van der Waals surface area contributed by atoms with Gasteiger partial charge in [0, 0.05) is 42.8 Å². The first-order valence-electron chi connectivity index (χ1n) is 5.82. The van der Waals surface area contributed by atoms with E-state index in [4.69, 9.17) is 0 Å². The average molecular weight is 280 g/mol. The Hall–Kier alpha value is -0.270. The van der Waals surface area contributed by atoms with Gasteiger partial charge in [0.2, 0.25) is 5.91 Å². The van der Waals surface area contributed by atoms with E-state index in [1.165, 1.54) is 0 Å². The second kappa shape index (κ2) is 7.23. The Bertz CT molecular complexity index is 337. The molecule has 100 valence electrons. The van der Waals surface area contributed by atoms with Crippen LogP contribution < -0.4 is 10.6 Å². The van der Waals surface area contributed by atoms with E-state index in [-0.39, 0.29) is 30.0 Å². The lowest BCUT2D eigenvalue weighted by Gasteiger charge is -2.22. The van der Waals surface area contributed by atoms with Gasteiger partial charge in [0.05, 0.1) is 5.75 Å². The SMILES string of the molecule is CCS(=O)(=O)CCNC(=O)CC1CSCCN1. The van der Waals surface area contributed by atoms with Crippen LogP contribution in [0.1, 0.15) is 13.3 Å². The number of amides is 1. The molecule has 0 radical (unpaired) electrons. The molecule has 2 N–H and O–H groups in total. The Kier molecular flexibility index (Phi) is 6.29. The van der Waals surface area contributed by atoms with Gasteiger partial charge < -0.3 is 10.6 Å². The fourth-order valence-corrected chi connectivity index (χ4v) is 3.19. The van der Waals surface area contributed by atoms with Gasteiger partial charge in [-0.15, -0.1) is 0 Å². The molecule has 0 aromatic heterocycles. The molecule has 0 spiro atoms. The molecule has 17 heavy (non-hydrogen) atoms. The molecule has 7 heteroatoms. The minimum atomic E-state index is -2.98. The van der Waals surface area contributed by atoms with E-state index in [1.54, 1.807) is 6.92 Å². The number of carbonyl (C=O) groups is 1. The molecule has 1 atom stereocenters. The Morgan fingerprint density at radius 3 is 2.88 bits per heavy atom. The molecule has 0 aromatic rings. The van der Waals surface area contributed by atoms with Gasteiger partial charge in [0.1, 0.15) is 0 Å². The van der Waals surface area contributed by atoms with E-state index < -0.39 is 9.84 Å². The topological polar surface area (TPSA) is 75.3 Å². The van der Waals surface area contributed by atoms with Gasteiger partial charge in [-0.3, -0.25) is 4.79 Å². The van der Waals surface area contributed by atoms with Gasteiger partial charge in [-0.05, 0) is 0 Å². The van der Waals surface area contributed by atoms with Crippen molar-refractivity contribution in [3.8, 4) is 0 Å². The molecule has 0 saturated carbocycles. The van der Waals surface area contributed by atoms with Crippen molar-refractivity contribution in [1.29, 1.82) is 0 Å². The van der Waals surface area contributed by atoms with Crippen LogP contribution in [0.25, 0.3) is 0 Å². The second-order valence-corrected chi connectivity index (χ2v) is 7.64. The Morgan fingerprint density at radius 2 is 2.29 bits per heavy atom.